The van der Waals surface area contributed by atoms with Gasteiger partial charge in [-0.1, -0.05) is 61.5 Å². The molecule has 0 bridgehead atoms. The number of nitrogens with zero attached hydrogens (tertiary/aromatic N) is 2. The van der Waals surface area contributed by atoms with E-state index in [2.05, 4.69) is 21.9 Å². The monoisotopic (exact) mass is 725 g/mol. The summed E-state index contributed by atoms with van der Waals surface area (Å²) < 4.78 is 40.1. The van der Waals surface area contributed by atoms with Crippen molar-refractivity contribution in [2.45, 2.75) is 48.8 Å². The third-order valence-electron chi connectivity index (χ3n) is 9.32. The molecule has 0 unspecified atom stereocenters. The Labute approximate surface area is 301 Å². The maximum Gasteiger partial charge on any atom is 0.264 e. The molecular weight excluding hydrogens is 687 g/mol. The van der Waals surface area contributed by atoms with Crippen LogP contribution in [-0.4, -0.2) is 79.8 Å². The van der Waals surface area contributed by atoms with E-state index in [0.29, 0.717) is 28.1 Å². The lowest BCUT2D eigenvalue weighted by molar-refractivity contribution is -0.140. The van der Waals surface area contributed by atoms with Crippen LogP contribution in [0.2, 0.25) is 0 Å². The van der Waals surface area contributed by atoms with Gasteiger partial charge in [0.1, 0.15) is 29.2 Å². The lowest BCUT2D eigenvalue weighted by atomic mass is 10.1. The number of hydrogen-bond acceptors (Lipinski definition) is 9. The fourth-order valence-corrected chi connectivity index (χ4v) is 7.41. The molecule has 14 heteroatoms. The van der Waals surface area contributed by atoms with Crippen LogP contribution >= 0.6 is 0 Å². The van der Waals surface area contributed by atoms with Crippen molar-refractivity contribution in [3.63, 3.8) is 0 Å². The Kier molecular flexibility index (Phi) is 10.3. The Hall–Kier alpha value is -5.76. The number of rotatable bonds is 13. The standard InChI is InChI=1S/C38H39N5O8S/c1-4-25-21-38(25,37(47)42-52(48,49)28-14-10-7-11-15-28)41-36(46)32-19-27(23-43(32)35(45)22-39-34(44)5-2)51-33-20-30(24-12-8-6-9-13-24)40-31-18-26(50-3)16-17-29(31)33/h4,6-18,20,25,27,32H,1,5,19,21-23H2,2-3H3,(H,39,44)(H,41,46)(H,42,47)/t25-,27-,32+,38-/m1/s1. The Morgan fingerprint density at radius 2 is 1.73 bits per heavy atom. The predicted octanol–water partition coefficient (Wildman–Crippen LogP) is 3.35. The van der Waals surface area contributed by atoms with Gasteiger partial charge in [0.05, 0.1) is 36.3 Å². The molecule has 0 radical (unpaired) electrons. The van der Waals surface area contributed by atoms with E-state index >= 15 is 0 Å². The molecule has 13 nitrogen and oxygen atoms in total. The van der Waals surface area contributed by atoms with Gasteiger partial charge in [-0.15, -0.1) is 6.58 Å². The van der Waals surface area contributed by atoms with Gasteiger partial charge in [0, 0.05) is 41.8 Å². The summed E-state index contributed by atoms with van der Waals surface area (Å²) in [5, 5.41) is 6.00. The molecule has 2 heterocycles. The molecule has 1 saturated heterocycles. The van der Waals surface area contributed by atoms with Crippen molar-refractivity contribution in [2.75, 3.05) is 20.2 Å². The van der Waals surface area contributed by atoms with Gasteiger partial charge in [-0.3, -0.25) is 19.2 Å². The number of aromatic nitrogens is 1. The molecule has 4 atom stereocenters. The fourth-order valence-electron chi connectivity index (χ4n) is 6.35. The first-order valence-electron chi connectivity index (χ1n) is 16.8. The molecule has 1 aromatic heterocycles. The van der Waals surface area contributed by atoms with Crippen molar-refractivity contribution in [1.29, 1.82) is 0 Å². The predicted molar refractivity (Wildman–Crippen MR) is 193 cm³/mol. The van der Waals surface area contributed by atoms with E-state index in [4.69, 9.17) is 14.5 Å². The number of likely N-dealkylation sites (tertiary alicyclic amines) is 1. The van der Waals surface area contributed by atoms with E-state index in [1.165, 1.54) is 35.2 Å². The molecule has 4 aromatic rings. The first kappa shape index (κ1) is 36.0. The minimum atomic E-state index is -4.24. The summed E-state index contributed by atoms with van der Waals surface area (Å²) >= 11 is 0. The molecule has 0 spiro atoms. The Bertz CT molecular complexity index is 2130. The van der Waals surface area contributed by atoms with Gasteiger partial charge in [0.2, 0.25) is 17.7 Å². The van der Waals surface area contributed by atoms with Gasteiger partial charge < -0.3 is 25.0 Å². The lowest BCUT2D eigenvalue weighted by Crippen LogP contribution is -2.56. The van der Waals surface area contributed by atoms with Crippen LogP contribution in [0.3, 0.4) is 0 Å². The van der Waals surface area contributed by atoms with E-state index in [1.807, 2.05) is 36.4 Å². The highest BCUT2D eigenvalue weighted by Crippen LogP contribution is 2.45. The van der Waals surface area contributed by atoms with Crippen LogP contribution in [0.1, 0.15) is 26.2 Å². The Balaban J connectivity index is 1.28. The topological polar surface area (TPSA) is 173 Å². The number of sulfonamides is 1. The molecule has 1 saturated carbocycles. The first-order valence-corrected chi connectivity index (χ1v) is 18.3. The molecule has 3 N–H and O–H groups in total. The highest BCUT2D eigenvalue weighted by molar-refractivity contribution is 7.90. The number of hydrogen-bond donors (Lipinski definition) is 3. The van der Waals surface area contributed by atoms with Crippen molar-refractivity contribution >= 4 is 44.6 Å². The minimum absolute atomic E-state index is 0.00791. The molecule has 270 valence electrons. The highest BCUT2D eigenvalue weighted by atomic mass is 32.2. The molecular formula is C38H39N5O8S. The molecule has 6 rings (SSSR count). The van der Waals surface area contributed by atoms with E-state index in [9.17, 15) is 27.6 Å². The van der Waals surface area contributed by atoms with Gasteiger partial charge in [-0.05, 0) is 30.7 Å². The number of pyridine rings is 1. The molecule has 1 aliphatic carbocycles. The summed E-state index contributed by atoms with van der Waals surface area (Å²) in [5.41, 5.74) is 0.501. The summed E-state index contributed by atoms with van der Waals surface area (Å²) in [5.74, 6) is -1.93. The summed E-state index contributed by atoms with van der Waals surface area (Å²) in [6, 6.07) is 23.0. The van der Waals surface area contributed by atoms with Gasteiger partial charge in [-0.2, -0.15) is 0 Å². The Morgan fingerprint density at radius 3 is 2.38 bits per heavy atom. The second kappa shape index (κ2) is 14.8. The van der Waals surface area contributed by atoms with Crippen LogP contribution < -0.4 is 24.8 Å². The van der Waals surface area contributed by atoms with E-state index in [1.54, 1.807) is 38.3 Å². The van der Waals surface area contributed by atoms with E-state index in [0.717, 1.165) is 5.56 Å². The Morgan fingerprint density at radius 1 is 1.02 bits per heavy atom. The van der Waals surface area contributed by atoms with Crippen molar-refractivity contribution in [3.8, 4) is 22.8 Å². The van der Waals surface area contributed by atoms with Crippen LogP contribution in [0.15, 0.2) is 102 Å². The number of fused-ring (bicyclic) bond motifs is 1. The molecule has 3 aromatic carbocycles. The lowest BCUT2D eigenvalue weighted by Gasteiger charge is -2.26. The van der Waals surface area contributed by atoms with Gasteiger partial charge in [0.15, 0.2) is 0 Å². The second-order valence-corrected chi connectivity index (χ2v) is 14.4. The number of carbonyl (C=O) groups excluding carboxylic acids is 4. The number of nitrogens with one attached hydrogen (secondary N) is 3. The number of amides is 4. The zero-order valence-electron chi connectivity index (χ0n) is 28.7. The number of ether oxygens (including phenoxy) is 2. The molecule has 52 heavy (non-hydrogen) atoms. The maximum absolute atomic E-state index is 14.1. The van der Waals surface area contributed by atoms with Gasteiger partial charge in [-0.25, -0.2) is 18.1 Å². The third kappa shape index (κ3) is 7.47. The van der Waals surface area contributed by atoms with Crippen LogP contribution in [-0.2, 0) is 29.2 Å². The second-order valence-electron chi connectivity index (χ2n) is 12.7. The van der Waals surface area contributed by atoms with Crippen molar-refractivity contribution in [3.05, 3.63) is 97.6 Å². The molecule has 4 amide bonds. The average molecular weight is 726 g/mol. The van der Waals surface area contributed by atoms with Crippen molar-refractivity contribution < 1.29 is 37.1 Å². The number of methoxy groups -OCH3 is 1. The fraction of sp³-hybridized carbons (Fsp3) is 0.289. The van der Waals surface area contributed by atoms with Crippen molar-refractivity contribution in [1.82, 2.24) is 25.2 Å². The molecule has 2 aliphatic rings. The molecule has 2 fully saturated rings. The molecule has 1 aliphatic heterocycles. The maximum atomic E-state index is 14.1. The largest absolute Gasteiger partial charge is 0.497 e. The average Bonchev–Trinajstić information content (AvgIpc) is 3.72. The highest BCUT2D eigenvalue weighted by Gasteiger charge is 2.61. The summed E-state index contributed by atoms with van der Waals surface area (Å²) in [6.07, 6.45) is 1.11. The summed E-state index contributed by atoms with van der Waals surface area (Å²) in [6.45, 7) is 5.05. The summed E-state index contributed by atoms with van der Waals surface area (Å²) in [7, 11) is -2.68. The number of benzene rings is 3. The smallest absolute Gasteiger partial charge is 0.264 e. The van der Waals surface area contributed by atoms with Gasteiger partial charge in [0.25, 0.3) is 15.9 Å². The van der Waals surface area contributed by atoms with Gasteiger partial charge >= 0.3 is 0 Å². The minimum Gasteiger partial charge on any atom is -0.497 e. The quantitative estimate of drug-likeness (QED) is 0.175. The normalized spacial score (nSPS) is 20.8. The summed E-state index contributed by atoms with van der Waals surface area (Å²) in [4.78, 5) is 59.3. The van der Waals surface area contributed by atoms with E-state index < -0.39 is 51.3 Å². The van der Waals surface area contributed by atoms with E-state index in [-0.39, 0.29) is 43.2 Å². The van der Waals surface area contributed by atoms with Crippen LogP contribution in [0.25, 0.3) is 22.2 Å². The van der Waals surface area contributed by atoms with Crippen LogP contribution in [0.5, 0.6) is 11.5 Å². The zero-order valence-corrected chi connectivity index (χ0v) is 29.5. The third-order valence-corrected chi connectivity index (χ3v) is 10.7. The number of carbonyl (C=O) groups is 4. The first-order chi connectivity index (χ1) is 25.0. The zero-order chi connectivity index (χ0) is 37.0. The van der Waals surface area contributed by atoms with Crippen LogP contribution in [0.4, 0.5) is 0 Å². The SMILES string of the molecule is C=C[C@@H]1C[C@]1(NC(=O)[C@@H]1C[C@@H](Oc2cc(-c3ccccc3)nc3cc(OC)ccc23)CN1C(=O)CNC(=O)CC)C(=O)NS(=O)(=O)c1ccccc1. The van der Waals surface area contributed by atoms with Crippen LogP contribution in [0, 0.1) is 5.92 Å². The van der Waals surface area contributed by atoms with Crippen molar-refractivity contribution in [2.24, 2.45) is 5.92 Å².